The molecule has 4 rings (SSSR count). The maximum absolute atomic E-state index is 14.5. The van der Waals surface area contributed by atoms with Crippen molar-refractivity contribution in [3.63, 3.8) is 0 Å². The first-order chi connectivity index (χ1) is 15.9. The summed E-state index contributed by atoms with van der Waals surface area (Å²) in [4.78, 5) is 12.9. The molecule has 1 amide bonds. The lowest BCUT2D eigenvalue weighted by atomic mass is 10.2. The standard InChI is InChI=1S/C24H19FN2O4S2/c25-19-11-4-6-13-21(19)27(33(29,30)24-15-8-16-32-24)17-23(28)26-20-12-5-7-14-22(20)31-18-9-2-1-3-10-18/h1-16H,17H2,(H,26,28). The molecule has 1 aromatic heterocycles. The number of hydrogen-bond donors (Lipinski definition) is 1. The van der Waals surface area contributed by atoms with Crippen LogP contribution in [0.4, 0.5) is 15.8 Å². The predicted molar refractivity (Wildman–Crippen MR) is 127 cm³/mol. The van der Waals surface area contributed by atoms with Crippen LogP contribution in [0.5, 0.6) is 11.5 Å². The number of anilines is 2. The number of ether oxygens (including phenoxy) is 1. The minimum Gasteiger partial charge on any atom is -0.455 e. The summed E-state index contributed by atoms with van der Waals surface area (Å²) in [5.41, 5.74) is 0.142. The van der Waals surface area contributed by atoms with Crippen molar-refractivity contribution < 1.29 is 22.3 Å². The van der Waals surface area contributed by atoms with E-state index >= 15 is 0 Å². The smallest absolute Gasteiger partial charge is 0.274 e. The molecule has 9 heteroatoms. The molecule has 0 saturated carbocycles. The highest BCUT2D eigenvalue weighted by molar-refractivity contribution is 7.94. The van der Waals surface area contributed by atoms with E-state index in [1.807, 2.05) is 18.2 Å². The van der Waals surface area contributed by atoms with E-state index in [-0.39, 0.29) is 9.90 Å². The van der Waals surface area contributed by atoms with Gasteiger partial charge in [-0.05, 0) is 47.8 Å². The first-order valence-corrected chi connectivity index (χ1v) is 12.2. The van der Waals surface area contributed by atoms with E-state index < -0.39 is 28.3 Å². The van der Waals surface area contributed by atoms with E-state index in [1.54, 1.807) is 47.8 Å². The van der Waals surface area contributed by atoms with E-state index in [2.05, 4.69) is 5.32 Å². The zero-order valence-corrected chi connectivity index (χ0v) is 18.9. The Labute approximate surface area is 194 Å². The second kappa shape index (κ2) is 9.85. The maximum Gasteiger partial charge on any atom is 0.274 e. The van der Waals surface area contributed by atoms with Crippen LogP contribution < -0.4 is 14.4 Å². The Morgan fingerprint density at radius 1 is 0.909 bits per heavy atom. The van der Waals surface area contributed by atoms with Gasteiger partial charge in [0.25, 0.3) is 10.0 Å². The summed E-state index contributed by atoms with van der Waals surface area (Å²) in [6.45, 7) is -0.624. The number of sulfonamides is 1. The Morgan fingerprint density at radius 2 is 1.61 bits per heavy atom. The number of hydrogen-bond acceptors (Lipinski definition) is 5. The minimum atomic E-state index is -4.16. The molecule has 0 radical (unpaired) electrons. The van der Waals surface area contributed by atoms with Gasteiger partial charge in [0.2, 0.25) is 5.91 Å². The van der Waals surface area contributed by atoms with E-state index in [9.17, 15) is 17.6 Å². The summed E-state index contributed by atoms with van der Waals surface area (Å²) in [5.74, 6) is -0.441. The molecule has 1 heterocycles. The van der Waals surface area contributed by atoms with Crippen LogP contribution in [0.1, 0.15) is 0 Å². The molecule has 0 aliphatic heterocycles. The van der Waals surface area contributed by atoms with E-state index in [4.69, 9.17) is 4.74 Å². The minimum absolute atomic E-state index is 0.00589. The largest absolute Gasteiger partial charge is 0.455 e. The number of thiophene rings is 1. The molecule has 0 saturated heterocycles. The molecule has 0 aliphatic carbocycles. The fraction of sp³-hybridized carbons (Fsp3) is 0.0417. The zero-order chi connectivity index (χ0) is 23.3. The van der Waals surface area contributed by atoms with Gasteiger partial charge in [-0.3, -0.25) is 9.10 Å². The summed E-state index contributed by atoms with van der Waals surface area (Å²) < 4.78 is 47.6. The quantitative estimate of drug-likeness (QED) is 0.359. The highest BCUT2D eigenvalue weighted by atomic mass is 32.2. The zero-order valence-electron chi connectivity index (χ0n) is 17.2. The van der Waals surface area contributed by atoms with Crippen LogP contribution in [0.3, 0.4) is 0 Å². The number of benzene rings is 3. The average Bonchev–Trinajstić information content (AvgIpc) is 3.36. The molecule has 33 heavy (non-hydrogen) atoms. The molecular weight excluding hydrogens is 463 g/mol. The van der Waals surface area contributed by atoms with Crippen molar-refractivity contribution in [3.8, 4) is 11.5 Å². The topological polar surface area (TPSA) is 75.7 Å². The van der Waals surface area contributed by atoms with Crippen LogP contribution in [0.2, 0.25) is 0 Å². The lowest BCUT2D eigenvalue weighted by molar-refractivity contribution is -0.114. The van der Waals surface area contributed by atoms with Crippen molar-refractivity contribution in [2.75, 3.05) is 16.2 Å². The first-order valence-electron chi connectivity index (χ1n) is 9.88. The van der Waals surface area contributed by atoms with Gasteiger partial charge in [-0.2, -0.15) is 0 Å². The second-order valence-corrected chi connectivity index (χ2v) is 9.89. The average molecular weight is 483 g/mol. The SMILES string of the molecule is O=C(CN(c1ccccc1F)S(=O)(=O)c1cccs1)Nc1ccccc1Oc1ccccc1. The molecular formula is C24H19FN2O4S2. The van der Waals surface area contributed by atoms with Crippen LogP contribution in [0.25, 0.3) is 0 Å². The molecule has 1 N–H and O–H groups in total. The third kappa shape index (κ3) is 5.21. The summed E-state index contributed by atoms with van der Waals surface area (Å²) >= 11 is 0.990. The highest BCUT2D eigenvalue weighted by Gasteiger charge is 2.30. The first kappa shape index (κ1) is 22.5. The van der Waals surface area contributed by atoms with Crippen LogP contribution in [0.15, 0.2) is 101 Å². The number of halogens is 1. The molecule has 0 unspecified atom stereocenters. The number of carbonyl (C=O) groups excluding carboxylic acids is 1. The highest BCUT2D eigenvalue weighted by Crippen LogP contribution is 2.31. The molecule has 0 fully saturated rings. The van der Waals surface area contributed by atoms with Gasteiger partial charge in [-0.15, -0.1) is 11.3 Å². The Bertz CT molecular complexity index is 1340. The second-order valence-electron chi connectivity index (χ2n) is 6.85. The molecule has 168 valence electrons. The van der Waals surface area contributed by atoms with E-state index in [0.717, 1.165) is 21.7 Å². The van der Waals surface area contributed by atoms with Gasteiger partial charge >= 0.3 is 0 Å². The molecule has 4 aromatic rings. The van der Waals surface area contributed by atoms with Crippen LogP contribution in [-0.2, 0) is 14.8 Å². The van der Waals surface area contributed by atoms with Crippen molar-refractivity contribution in [1.29, 1.82) is 0 Å². The van der Waals surface area contributed by atoms with Gasteiger partial charge in [0.1, 0.15) is 22.3 Å². The van der Waals surface area contributed by atoms with Crippen LogP contribution in [-0.4, -0.2) is 20.9 Å². The Morgan fingerprint density at radius 3 is 2.33 bits per heavy atom. The van der Waals surface area contributed by atoms with Gasteiger partial charge in [0.05, 0.1) is 11.4 Å². The lowest BCUT2D eigenvalue weighted by Crippen LogP contribution is -2.38. The van der Waals surface area contributed by atoms with Crippen LogP contribution in [0, 0.1) is 5.82 Å². The number of para-hydroxylation sites is 4. The summed E-state index contributed by atoms with van der Waals surface area (Å²) in [6.07, 6.45) is 0. The third-order valence-corrected chi connectivity index (χ3v) is 7.71. The molecule has 6 nitrogen and oxygen atoms in total. The van der Waals surface area contributed by atoms with Crippen LogP contribution >= 0.6 is 11.3 Å². The molecule has 3 aromatic carbocycles. The Kier molecular flexibility index (Phi) is 6.71. The summed E-state index contributed by atoms with van der Waals surface area (Å²) in [7, 11) is -4.16. The fourth-order valence-corrected chi connectivity index (χ4v) is 5.60. The fourth-order valence-electron chi connectivity index (χ4n) is 3.07. The molecule has 0 aliphatic rings. The summed E-state index contributed by atoms with van der Waals surface area (Å²) in [6, 6.07) is 24.2. The van der Waals surface area contributed by atoms with Gasteiger partial charge in [-0.25, -0.2) is 12.8 Å². The van der Waals surface area contributed by atoms with Crippen molar-refractivity contribution in [1.82, 2.24) is 0 Å². The van der Waals surface area contributed by atoms with Gasteiger partial charge in [0, 0.05) is 0 Å². The van der Waals surface area contributed by atoms with Crippen molar-refractivity contribution in [2.24, 2.45) is 0 Å². The number of rotatable bonds is 8. The maximum atomic E-state index is 14.5. The Balaban J connectivity index is 1.61. The van der Waals surface area contributed by atoms with Crippen molar-refractivity contribution >= 4 is 38.6 Å². The van der Waals surface area contributed by atoms with E-state index in [1.165, 1.54) is 24.3 Å². The summed E-state index contributed by atoms with van der Waals surface area (Å²) in [5, 5.41) is 4.28. The number of nitrogens with zero attached hydrogens (tertiary/aromatic N) is 1. The molecule has 0 atom stereocenters. The molecule has 0 bridgehead atoms. The van der Waals surface area contributed by atoms with Gasteiger partial charge in [-0.1, -0.05) is 48.5 Å². The van der Waals surface area contributed by atoms with Crippen molar-refractivity contribution in [2.45, 2.75) is 4.21 Å². The number of amides is 1. The van der Waals surface area contributed by atoms with Gasteiger partial charge in [0.15, 0.2) is 5.75 Å². The van der Waals surface area contributed by atoms with Gasteiger partial charge < -0.3 is 10.1 Å². The number of nitrogens with one attached hydrogen (secondary N) is 1. The Hall–Kier alpha value is -3.69. The predicted octanol–water partition coefficient (Wildman–Crippen LogP) is 5.51. The normalized spacial score (nSPS) is 11.1. The monoisotopic (exact) mass is 482 g/mol. The lowest BCUT2D eigenvalue weighted by Gasteiger charge is -2.24. The third-order valence-electron chi connectivity index (χ3n) is 4.58. The number of carbonyl (C=O) groups is 1. The van der Waals surface area contributed by atoms with E-state index in [0.29, 0.717) is 17.2 Å². The van der Waals surface area contributed by atoms with Crippen molar-refractivity contribution in [3.05, 3.63) is 102 Å². The molecule has 0 spiro atoms.